The molecule has 308 valence electrons. The van der Waals surface area contributed by atoms with Crippen LogP contribution in [0.5, 0.6) is 0 Å². The van der Waals surface area contributed by atoms with Crippen molar-refractivity contribution in [2.75, 3.05) is 65.8 Å². The summed E-state index contributed by atoms with van der Waals surface area (Å²) in [6.45, 7) is 6.02. The highest BCUT2D eigenvalue weighted by atomic mass is 16.7. The number of nitrogens with one attached hydrogen (secondary N) is 4. The van der Waals surface area contributed by atoms with Crippen LogP contribution in [-0.2, 0) is 42.8 Å². The summed E-state index contributed by atoms with van der Waals surface area (Å²) in [4.78, 5) is 41.6. The first-order chi connectivity index (χ1) is 25.5. The van der Waals surface area contributed by atoms with E-state index in [-0.39, 0.29) is 77.6 Å². The molecule has 10 atom stereocenters. The number of hydrogen-bond donors (Lipinski definition) is 8. The van der Waals surface area contributed by atoms with Gasteiger partial charge in [-0.15, -0.1) is 0 Å². The van der Waals surface area contributed by atoms with Crippen LogP contribution in [0, 0.1) is 0 Å². The molecule has 3 heterocycles. The Morgan fingerprint density at radius 2 is 1.06 bits per heavy atom. The first kappa shape index (κ1) is 45.3. The molecule has 0 bridgehead atoms. The average Bonchev–Trinajstić information content (AvgIpc) is 3.12. The van der Waals surface area contributed by atoms with E-state index in [0.29, 0.717) is 45.1 Å². The van der Waals surface area contributed by atoms with E-state index < -0.39 is 60.9 Å². The summed E-state index contributed by atoms with van der Waals surface area (Å²) in [6, 6.07) is -0.885. The van der Waals surface area contributed by atoms with Gasteiger partial charge in [-0.05, 0) is 78.7 Å². The van der Waals surface area contributed by atoms with E-state index in [0.717, 1.165) is 19.3 Å². The smallest absolute Gasteiger partial charge is 0.237 e. The summed E-state index contributed by atoms with van der Waals surface area (Å²) in [7, 11) is 0. The standard InChI is InChI=1S/C35H65N5O13/c1-23-7-10-27(42)33(51-23)48-17-14-37-30(45)20-40(21-31(46)38-15-18-49-34-28(43)11-8-24(2)52-34)26(6-4-5-13-36-22-41)32(47)39-16-19-50-35-29(44)12-9-25(3)53-35/h23-29,33-36,41-44H,4-22H2,1-3H3,(H,37,45)(H,38,46)(H,39,47)/t23-,24-,25-,26-,27-,28-,29-,33+,34+,35+/m0/s1. The van der Waals surface area contributed by atoms with Gasteiger partial charge in [-0.3, -0.25) is 24.6 Å². The molecule has 0 radical (unpaired) electrons. The van der Waals surface area contributed by atoms with Crippen molar-refractivity contribution in [1.82, 2.24) is 26.2 Å². The number of aliphatic hydroxyl groups excluding tert-OH is 4. The van der Waals surface area contributed by atoms with E-state index in [2.05, 4.69) is 21.3 Å². The fourth-order valence-corrected chi connectivity index (χ4v) is 6.34. The quantitative estimate of drug-likeness (QED) is 0.0409. The molecule has 3 aliphatic heterocycles. The number of hydrogen-bond acceptors (Lipinski definition) is 15. The number of rotatable bonds is 24. The third-order valence-corrected chi connectivity index (χ3v) is 9.37. The molecule has 53 heavy (non-hydrogen) atoms. The van der Waals surface area contributed by atoms with Gasteiger partial charge >= 0.3 is 0 Å². The zero-order valence-electron chi connectivity index (χ0n) is 31.6. The van der Waals surface area contributed by atoms with Crippen molar-refractivity contribution in [1.29, 1.82) is 0 Å². The Morgan fingerprint density at radius 1 is 0.642 bits per heavy atom. The zero-order chi connectivity index (χ0) is 38.6. The van der Waals surface area contributed by atoms with Gasteiger partial charge < -0.3 is 64.8 Å². The molecule has 0 saturated carbocycles. The third kappa shape index (κ3) is 17.5. The van der Waals surface area contributed by atoms with E-state index in [1.807, 2.05) is 20.8 Å². The molecular weight excluding hydrogens is 698 g/mol. The number of carbonyl (C=O) groups excluding carboxylic acids is 3. The second-order valence-corrected chi connectivity index (χ2v) is 14.1. The van der Waals surface area contributed by atoms with E-state index in [4.69, 9.17) is 33.5 Å². The summed E-state index contributed by atoms with van der Waals surface area (Å²) in [5.41, 5.74) is 0. The molecule has 0 aromatic rings. The zero-order valence-corrected chi connectivity index (χ0v) is 31.6. The lowest BCUT2D eigenvalue weighted by Gasteiger charge is -2.32. The monoisotopic (exact) mass is 763 g/mol. The van der Waals surface area contributed by atoms with Crippen LogP contribution in [0.15, 0.2) is 0 Å². The first-order valence-electron chi connectivity index (χ1n) is 19.2. The van der Waals surface area contributed by atoms with Crippen molar-refractivity contribution < 1.29 is 63.2 Å². The maximum absolute atomic E-state index is 13.7. The van der Waals surface area contributed by atoms with E-state index in [9.17, 15) is 29.7 Å². The minimum absolute atomic E-state index is 0.0508. The van der Waals surface area contributed by atoms with Crippen molar-refractivity contribution in [2.24, 2.45) is 0 Å². The number of carbonyl (C=O) groups is 3. The van der Waals surface area contributed by atoms with E-state index >= 15 is 0 Å². The van der Waals surface area contributed by atoms with Gasteiger partial charge in [-0.25, -0.2) is 0 Å². The molecule has 18 nitrogen and oxygen atoms in total. The van der Waals surface area contributed by atoms with Crippen LogP contribution in [-0.4, -0.2) is 170 Å². The molecular formula is C35H65N5O13. The highest BCUT2D eigenvalue weighted by Gasteiger charge is 2.32. The normalized spacial score (nSPS) is 29.8. The molecule has 0 aliphatic carbocycles. The molecule has 0 unspecified atom stereocenters. The summed E-state index contributed by atoms with van der Waals surface area (Å²) >= 11 is 0. The van der Waals surface area contributed by atoms with Gasteiger partial charge in [0.15, 0.2) is 18.9 Å². The molecule has 0 aromatic heterocycles. The second-order valence-electron chi connectivity index (χ2n) is 14.1. The predicted molar refractivity (Wildman–Crippen MR) is 190 cm³/mol. The Bertz CT molecular complexity index is 1020. The van der Waals surface area contributed by atoms with Gasteiger partial charge in [0, 0.05) is 19.6 Å². The van der Waals surface area contributed by atoms with Gasteiger partial charge in [-0.2, -0.15) is 0 Å². The van der Waals surface area contributed by atoms with Crippen molar-refractivity contribution in [3.8, 4) is 0 Å². The molecule has 3 rings (SSSR count). The van der Waals surface area contributed by atoms with Crippen LogP contribution < -0.4 is 21.3 Å². The van der Waals surface area contributed by atoms with Crippen molar-refractivity contribution in [3.63, 3.8) is 0 Å². The molecule has 8 N–H and O–H groups in total. The SMILES string of the molecule is C[C@H]1CC[C@H](O)[C@H](OCCNC(=O)CN(CC(=O)NCCO[C@@H]2O[C@@H](C)CC[C@@H]2O)[C@@H](CCCCNCO)C(=O)NCCO[C@@H]2O[C@@H](C)CC[C@@H]2O)O1. The second kappa shape index (κ2) is 25.2. The van der Waals surface area contributed by atoms with Gasteiger partial charge in [0.25, 0.3) is 0 Å². The Morgan fingerprint density at radius 3 is 1.47 bits per heavy atom. The highest BCUT2D eigenvalue weighted by Crippen LogP contribution is 2.22. The Balaban J connectivity index is 1.60. The van der Waals surface area contributed by atoms with Crippen molar-refractivity contribution in [3.05, 3.63) is 0 Å². The molecule has 18 heteroatoms. The first-order valence-corrected chi connectivity index (χ1v) is 19.2. The average molecular weight is 764 g/mol. The fraction of sp³-hybridized carbons (Fsp3) is 0.914. The van der Waals surface area contributed by atoms with Gasteiger partial charge in [0.05, 0.1) is 64.0 Å². The molecule has 3 saturated heterocycles. The van der Waals surface area contributed by atoms with Crippen LogP contribution in [0.1, 0.15) is 78.6 Å². The van der Waals surface area contributed by atoms with Crippen LogP contribution in [0.4, 0.5) is 0 Å². The van der Waals surface area contributed by atoms with E-state index in [1.54, 1.807) is 0 Å². The summed E-state index contributed by atoms with van der Waals surface area (Å²) in [6.07, 6.45) is 0.499. The summed E-state index contributed by atoms with van der Waals surface area (Å²) in [5, 5.41) is 50.9. The fourth-order valence-electron chi connectivity index (χ4n) is 6.34. The molecule has 3 aliphatic rings. The van der Waals surface area contributed by atoms with Crippen LogP contribution in [0.25, 0.3) is 0 Å². The largest absolute Gasteiger partial charge is 0.388 e. The maximum atomic E-state index is 13.7. The van der Waals surface area contributed by atoms with Crippen molar-refractivity contribution in [2.45, 2.75) is 140 Å². The lowest BCUT2D eigenvalue weighted by atomic mass is 10.1. The maximum Gasteiger partial charge on any atom is 0.237 e. The van der Waals surface area contributed by atoms with E-state index in [1.165, 1.54) is 4.90 Å². The lowest BCUT2D eigenvalue weighted by Crippen LogP contribution is -2.54. The third-order valence-electron chi connectivity index (χ3n) is 9.37. The Kier molecular flexibility index (Phi) is 21.5. The number of amides is 3. The molecule has 3 fully saturated rings. The Labute approximate surface area is 312 Å². The molecule has 0 spiro atoms. The topological polar surface area (TPSA) is 239 Å². The summed E-state index contributed by atoms with van der Waals surface area (Å²) in [5.74, 6) is -1.30. The van der Waals surface area contributed by atoms with Gasteiger partial charge in [0.2, 0.25) is 17.7 Å². The van der Waals surface area contributed by atoms with Crippen LogP contribution in [0.3, 0.4) is 0 Å². The molecule has 0 aromatic carbocycles. The number of aliphatic hydroxyl groups is 4. The van der Waals surface area contributed by atoms with Gasteiger partial charge in [-0.1, -0.05) is 6.42 Å². The van der Waals surface area contributed by atoms with Crippen LogP contribution in [0.2, 0.25) is 0 Å². The summed E-state index contributed by atoms with van der Waals surface area (Å²) < 4.78 is 34.0. The predicted octanol–water partition coefficient (Wildman–Crippen LogP) is -1.58. The highest BCUT2D eigenvalue weighted by molar-refractivity contribution is 5.86. The number of ether oxygens (including phenoxy) is 6. The number of unbranched alkanes of at least 4 members (excludes halogenated alkanes) is 1. The number of nitrogens with zero attached hydrogens (tertiary/aromatic N) is 1. The van der Waals surface area contributed by atoms with Gasteiger partial charge in [0.1, 0.15) is 18.3 Å². The Hall–Kier alpha value is -2.07. The van der Waals surface area contributed by atoms with Crippen LogP contribution >= 0.6 is 0 Å². The van der Waals surface area contributed by atoms with Crippen molar-refractivity contribution >= 4 is 17.7 Å². The lowest BCUT2D eigenvalue weighted by molar-refractivity contribution is -0.235. The minimum Gasteiger partial charge on any atom is -0.388 e. The minimum atomic E-state index is -0.885. The molecule has 3 amide bonds.